The second kappa shape index (κ2) is 4.38. The topological polar surface area (TPSA) is 76.7 Å². The van der Waals surface area contributed by atoms with Crippen LogP contribution in [-0.2, 0) is 4.74 Å². The van der Waals surface area contributed by atoms with Crippen molar-refractivity contribution in [2.75, 3.05) is 13.2 Å². The summed E-state index contributed by atoms with van der Waals surface area (Å²) in [6.45, 7) is 1.48. The van der Waals surface area contributed by atoms with E-state index in [0.29, 0.717) is 11.6 Å². The molecule has 0 saturated carbocycles. The number of aromatic nitrogens is 3. The van der Waals surface area contributed by atoms with Gasteiger partial charge >= 0.3 is 5.97 Å². The lowest BCUT2D eigenvalue weighted by Crippen LogP contribution is -2.15. The minimum Gasteiger partial charge on any atom is -0.477 e. The highest BCUT2D eigenvalue weighted by atomic mass is 16.5. The Balaban J connectivity index is 2.03. The highest BCUT2D eigenvalue weighted by Gasteiger charge is 2.19. The Bertz CT molecular complexity index is 587. The van der Waals surface area contributed by atoms with Gasteiger partial charge in [0.1, 0.15) is 5.56 Å². The molecule has 1 aliphatic heterocycles. The lowest BCUT2D eigenvalue weighted by Gasteiger charge is -2.21. The summed E-state index contributed by atoms with van der Waals surface area (Å²) in [6.07, 6.45) is 4.96. The van der Waals surface area contributed by atoms with E-state index in [-0.39, 0.29) is 5.56 Å². The molecule has 1 saturated heterocycles. The predicted molar refractivity (Wildman–Crippen MR) is 62.7 cm³/mol. The third kappa shape index (κ3) is 1.84. The molecule has 3 heterocycles. The Labute approximate surface area is 103 Å². The second-order valence-corrected chi connectivity index (χ2v) is 4.37. The first-order chi connectivity index (χ1) is 8.75. The highest BCUT2D eigenvalue weighted by molar-refractivity contribution is 5.94. The number of carbonyl (C=O) groups is 1. The van der Waals surface area contributed by atoms with Crippen LogP contribution in [0.2, 0.25) is 0 Å². The monoisotopic (exact) mass is 247 g/mol. The maximum atomic E-state index is 11.1. The van der Waals surface area contributed by atoms with Crippen molar-refractivity contribution in [3.05, 3.63) is 29.7 Å². The van der Waals surface area contributed by atoms with E-state index < -0.39 is 5.97 Å². The summed E-state index contributed by atoms with van der Waals surface area (Å²) in [5.41, 5.74) is 1.48. The average Bonchev–Trinajstić information content (AvgIpc) is 2.82. The van der Waals surface area contributed by atoms with Gasteiger partial charge in [0.25, 0.3) is 0 Å². The van der Waals surface area contributed by atoms with Crippen molar-refractivity contribution in [2.24, 2.45) is 0 Å². The molecule has 1 aliphatic rings. The Morgan fingerprint density at radius 1 is 1.44 bits per heavy atom. The van der Waals surface area contributed by atoms with Gasteiger partial charge in [-0.25, -0.2) is 14.3 Å². The van der Waals surface area contributed by atoms with Gasteiger partial charge in [-0.1, -0.05) is 0 Å². The lowest BCUT2D eigenvalue weighted by atomic mass is 9.96. The van der Waals surface area contributed by atoms with E-state index >= 15 is 0 Å². The zero-order chi connectivity index (χ0) is 12.5. The van der Waals surface area contributed by atoms with Crippen LogP contribution in [0.15, 0.2) is 18.5 Å². The molecule has 0 aromatic carbocycles. The summed E-state index contributed by atoms with van der Waals surface area (Å²) >= 11 is 0. The molecule has 0 unspecified atom stereocenters. The number of rotatable bonds is 2. The van der Waals surface area contributed by atoms with Gasteiger partial charge in [0.2, 0.25) is 0 Å². The van der Waals surface area contributed by atoms with Crippen LogP contribution >= 0.6 is 0 Å². The molecule has 94 valence electrons. The minimum absolute atomic E-state index is 0.143. The zero-order valence-electron chi connectivity index (χ0n) is 9.74. The normalized spacial score (nSPS) is 17.1. The van der Waals surface area contributed by atoms with Crippen molar-refractivity contribution >= 4 is 11.6 Å². The molecule has 0 spiro atoms. The lowest BCUT2D eigenvalue weighted by molar-refractivity contribution is 0.0698. The number of carboxylic acids is 1. The molecule has 1 N–H and O–H groups in total. The van der Waals surface area contributed by atoms with Crippen molar-refractivity contribution in [1.82, 2.24) is 14.6 Å². The van der Waals surface area contributed by atoms with Crippen molar-refractivity contribution in [3.63, 3.8) is 0 Å². The van der Waals surface area contributed by atoms with Crippen LogP contribution < -0.4 is 0 Å². The number of hydrogen-bond acceptors (Lipinski definition) is 4. The third-order valence-electron chi connectivity index (χ3n) is 3.26. The zero-order valence-corrected chi connectivity index (χ0v) is 9.74. The summed E-state index contributed by atoms with van der Waals surface area (Å²) in [7, 11) is 0. The van der Waals surface area contributed by atoms with Crippen molar-refractivity contribution in [1.29, 1.82) is 0 Å². The molecular formula is C12H13N3O3. The molecule has 6 heteroatoms. The van der Waals surface area contributed by atoms with Crippen molar-refractivity contribution in [3.8, 4) is 0 Å². The predicted octanol–water partition coefficient (Wildman–Crippen LogP) is 1.32. The Morgan fingerprint density at radius 2 is 2.22 bits per heavy atom. The van der Waals surface area contributed by atoms with E-state index in [2.05, 4.69) is 10.1 Å². The molecule has 1 fully saturated rings. The number of ether oxygens (including phenoxy) is 1. The summed E-state index contributed by atoms with van der Waals surface area (Å²) in [4.78, 5) is 15.5. The number of carboxylic acid groups (broad SMARTS) is 1. The molecular weight excluding hydrogens is 234 g/mol. The number of hydrogen-bond donors (Lipinski definition) is 1. The van der Waals surface area contributed by atoms with E-state index in [4.69, 9.17) is 9.84 Å². The second-order valence-electron chi connectivity index (χ2n) is 4.37. The Kier molecular flexibility index (Phi) is 2.71. The average molecular weight is 247 g/mol. The molecule has 0 bridgehead atoms. The largest absolute Gasteiger partial charge is 0.477 e. The van der Waals surface area contributed by atoms with Gasteiger partial charge in [-0.05, 0) is 18.9 Å². The van der Waals surface area contributed by atoms with E-state index in [1.165, 1.54) is 10.7 Å². The molecule has 0 aliphatic carbocycles. The highest BCUT2D eigenvalue weighted by Crippen LogP contribution is 2.25. The summed E-state index contributed by atoms with van der Waals surface area (Å²) in [5, 5.41) is 13.0. The van der Waals surface area contributed by atoms with Gasteiger partial charge in [-0.3, -0.25) is 0 Å². The smallest absolute Gasteiger partial charge is 0.341 e. The Hall–Kier alpha value is -1.95. The fraction of sp³-hybridized carbons (Fsp3) is 0.417. The van der Waals surface area contributed by atoms with Gasteiger partial charge in [0, 0.05) is 31.0 Å². The maximum absolute atomic E-state index is 11.1. The summed E-state index contributed by atoms with van der Waals surface area (Å²) < 4.78 is 6.81. The maximum Gasteiger partial charge on any atom is 0.341 e. The molecule has 2 aromatic heterocycles. The first-order valence-corrected chi connectivity index (χ1v) is 5.91. The number of nitrogens with zero attached hydrogens (tertiary/aromatic N) is 3. The van der Waals surface area contributed by atoms with Crippen LogP contribution in [0.3, 0.4) is 0 Å². The fourth-order valence-corrected chi connectivity index (χ4v) is 2.25. The van der Waals surface area contributed by atoms with Crippen molar-refractivity contribution in [2.45, 2.75) is 18.8 Å². The van der Waals surface area contributed by atoms with E-state index in [9.17, 15) is 4.79 Å². The molecule has 18 heavy (non-hydrogen) atoms. The third-order valence-corrected chi connectivity index (χ3v) is 3.26. The quantitative estimate of drug-likeness (QED) is 0.866. The molecule has 6 nitrogen and oxygen atoms in total. The molecule has 0 atom stereocenters. The van der Waals surface area contributed by atoms with E-state index in [1.54, 1.807) is 6.20 Å². The van der Waals surface area contributed by atoms with Gasteiger partial charge in [-0.15, -0.1) is 0 Å². The van der Waals surface area contributed by atoms with E-state index in [1.807, 2.05) is 6.07 Å². The SMILES string of the molecule is O=C(O)c1cnn2ccc(C3CCOCC3)nc12. The first kappa shape index (κ1) is 11.2. The summed E-state index contributed by atoms with van der Waals surface area (Å²) in [5.74, 6) is -0.651. The van der Waals surface area contributed by atoms with Crippen LogP contribution in [-0.4, -0.2) is 38.9 Å². The van der Waals surface area contributed by atoms with E-state index in [0.717, 1.165) is 31.7 Å². The van der Waals surface area contributed by atoms with Crippen LogP contribution in [0.1, 0.15) is 34.8 Å². The Morgan fingerprint density at radius 3 is 2.94 bits per heavy atom. The molecule has 2 aromatic rings. The standard InChI is InChI=1S/C12H13N3O3/c16-12(17)9-7-13-15-4-1-10(14-11(9)15)8-2-5-18-6-3-8/h1,4,7-8H,2-3,5-6H2,(H,16,17). The van der Waals surface area contributed by atoms with Gasteiger partial charge in [-0.2, -0.15) is 5.10 Å². The minimum atomic E-state index is -0.998. The van der Waals surface area contributed by atoms with Crippen molar-refractivity contribution < 1.29 is 14.6 Å². The van der Waals surface area contributed by atoms with Gasteiger partial charge < -0.3 is 9.84 Å². The van der Waals surface area contributed by atoms with Gasteiger partial charge in [0.05, 0.1) is 6.20 Å². The van der Waals surface area contributed by atoms with Crippen LogP contribution in [0.25, 0.3) is 5.65 Å². The van der Waals surface area contributed by atoms with Crippen LogP contribution in [0.5, 0.6) is 0 Å². The fourth-order valence-electron chi connectivity index (χ4n) is 2.25. The molecule has 0 radical (unpaired) electrons. The molecule has 0 amide bonds. The van der Waals surface area contributed by atoms with Gasteiger partial charge in [0.15, 0.2) is 5.65 Å². The first-order valence-electron chi connectivity index (χ1n) is 5.91. The molecule has 3 rings (SSSR count). The van der Waals surface area contributed by atoms with Crippen LogP contribution in [0.4, 0.5) is 0 Å². The number of fused-ring (bicyclic) bond motifs is 1. The summed E-state index contributed by atoms with van der Waals surface area (Å²) in [6, 6.07) is 1.90. The van der Waals surface area contributed by atoms with Crippen LogP contribution in [0, 0.1) is 0 Å². The number of aromatic carboxylic acids is 1.